The Hall–Kier alpha value is -1.78. The minimum atomic E-state index is -0.499. The van der Waals surface area contributed by atoms with Crippen molar-refractivity contribution in [2.75, 3.05) is 0 Å². The molecular formula is C9H10N2O3. The van der Waals surface area contributed by atoms with Crippen LogP contribution in [0.3, 0.4) is 0 Å². The number of nitrogens with one attached hydrogen (secondary N) is 1. The minimum Gasteiger partial charge on any atom is -0.618 e. The first-order valence-electron chi connectivity index (χ1n) is 4.34. The molecule has 0 saturated carbocycles. The van der Waals surface area contributed by atoms with Crippen LogP contribution in [0.25, 0.3) is 0 Å². The molecule has 0 bridgehead atoms. The van der Waals surface area contributed by atoms with Crippen LogP contribution in [0.4, 0.5) is 4.79 Å². The number of hydrogen-bond acceptors (Lipinski definition) is 3. The molecule has 5 heteroatoms. The van der Waals surface area contributed by atoms with Crippen LogP contribution in [0.15, 0.2) is 24.4 Å². The Bertz CT molecular complexity index is 367. The molecule has 1 saturated heterocycles. The lowest BCUT2D eigenvalue weighted by molar-refractivity contribution is -0.618. The van der Waals surface area contributed by atoms with Crippen LogP contribution in [0.1, 0.15) is 18.7 Å². The van der Waals surface area contributed by atoms with Gasteiger partial charge in [0, 0.05) is 12.1 Å². The number of cyclic esters (lactones) is 1. The van der Waals surface area contributed by atoms with Crippen LogP contribution in [0.5, 0.6) is 0 Å². The number of hydrogen-bond donors (Lipinski definition) is 1. The summed E-state index contributed by atoms with van der Waals surface area (Å²) in [4.78, 5) is 10.9. The van der Waals surface area contributed by atoms with Gasteiger partial charge in [-0.15, -0.1) is 0 Å². The lowest BCUT2D eigenvalue weighted by atomic mass is 10.1. The number of aromatic nitrogens is 1. The van der Waals surface area contributed by atoms with Gasteiger partial charge < -0.3 is 15.3 Å². The molecule has 0 unspecified atom stereocenters. The molecule has 1 aliphatic heterocycles. The van der Waals surface area contributed by atoms with Gasteiger partial charge in [0.05, 0.1) is 6.04 Å². The second kappa shape index (κ2) is 3.17. The Labute approximate surface area is 80.9 Å². The number of carbonyl (C=O) groups excluding carboxylic acids is 1. The molecular weight excluding hydrogens is 184 g/mol. The average molecular weight is 194 g/mol. The molecule has 2 rings (SSSR count). The van der Waals surface area contributed by atoms with E-state index >= 15 is 0 Å². The SMILES string of the molecule is C[C@@H]1NC(=O)O[C@@H]1c1cccc[n+]1[O-]. The number of amides is 1. The average Bonchev–Trinajstić information content (AvgIpc) is 2.46. The molecule has 1 aliphatic rings. The van der Waals surface area contributed by atoms with Crippen molar-refractivity contribution < 1.29 is 14.3 Å². The second-order valence-corrected chi connectivity index (χ2v) is 3.21. The molecule has 5 nitrogen and oxygen atoms in total. The first-order chi connectivity index (χ1) is 6.68. The molecule has 0 aromatic carbocycles. The Morgan fingerprint density at radius 1 is 1.57 bits per heavy atom. The molecule has 1 aromatic rings. The highest BCUT2D eigenvalue weighted by Gasteiger charge is 2.36. The first kappa shape index (κ1) is 8.80. The van der Waals surface area contributed by atoms with Crippen molar-refractivity contribution in [3.63, 3.8) is 0 Å². The van der Waals surface area contributed by atoms with E-state index in [1.807, 2.05) is 0 Å². The summed E-state index contributed by atoms with van der Waals surface area (Å²) in [5.74, 6) is 0. The second-order valence-electron chi connectivity index (χ2n) is 3.21. The smallest absolute Gasteiger partial charge is 0.408 e. The zero-order valence-corrected chi connectivity index (χ0v) is 7.64. The predicted molar refractivity (Wildman–Crippen MR) is 47.2 cm³/mol. The first-order valence-corrected chi connectivity index (χ1v) is 4.34. The molecule has 1 aromatic heterocycles. The topological polar surface area (TPSA) is 65.3 Å². The van der Waals surface area contributed by atoms with Gasteiger partial charge >= 0.3 is 6.09 Å². The van der Waals surface area contributed by atoms with E-state index in [9.17, 15) is 10.0 Å². The van der Waals surface area contributed by atoms with E-state index in [0.717, 1.165) is 0 Å². The monoisotopic (exact) mass is 194 g/mol. The van der Waals surface area contributed by atoms with Crippen LogP contribution < -0.4 is 10.0 Å². The van der Waals surface area contributed by atoms with Crippen LogP contribution in [0.2, 0.25) is 0 Å². The van der Waals surface area contributed by atoms with Crippen molar-refractivity contribution in [1.82, 2.24) is 5.32 Å². The van der Waals surface area contributed by atoms with Gasteiger partial charge in [0.25, 0.3) is 0 Å². The highest BCUT2D eigenvalue weighted by molar-refractivity contribution is 5.70. The van der Waals surface area contributed by atoms with E-state index in [1.54, 1.807) is 25.1 Å². The van der Waals surface area contributed by atoms with E-state index < -0.39 is 12.2 Å². The number of nitrogens with zero attached hydrogens (tertiary/aromatic N) is 1. The zero-order valence-electron chi connectivity index (χ0n) is 7.64. The fourth-order valence-corrected chi connectivity index (χ4v) is 1.49. The number of rotatable bonds is 1. The summed E-state index contributed by atoms with van der Waals surface area (Å²) in [6, 6.07) is 4.84. The fraction of sp³-hybridized carbons (Fsp3) is 0.333. The summed E-state index contributed by atoms with van der Waals surface area (Å²) in [5.41, 5.74) is 0.443. The maximum absolute atomic E-state index is 11.4. The van der Waals surface area contributed by atoms with Gasteiger partial charge in [0.15, 0.2) is 6.20 Å². The Morgan fingerprint density at radius 2 is 2.36 bits per heavy atom. The summed E-state index contributed by atoms with van der Waals surface area (Å²) in [6.45, 7) is 1.79. The molecule has 1 amide bonds. The summed E-state index contributed by atoms with van der Waals surface area (Å²) >= 11 is 0. The van der Waals surface area contributed by atoms with Crippen molar-refractivity contribution in [3.05, 3.63) is 35.3 Å². The number of pyridine rings is 1. The van der Waals surface area contributed by atoms with Crippen molar-refractivity contribution in [1.29, 1.82) is 0 Å². The van der Waals surface area contributed by atoms with Crippen LogP contribution in [-0.2, 0) is 4.74 Å². The third kappa shape index (κ3) is 1.37. The van der Waals surface area contributed by atoms with Gasteiger partial charge in [-0.1, -0.05) is 0 Å². The van der Waals surface area contributed by atoms with Crippen molar-refractivity contribution in [2.24, 2.45) is 0 Å². The summed E-state index contributed by atoms with van der Waals surface area (Å²) in [6.07, 6.45) is 0.404. The van der Waals surface area contributed by atoms with Crippen molar-refractivity contribution in [3.8, 4) is 0 Å². The number of carbonyl (C=O) groups is 1. The fourth-order valence-electron chi connectivity index (χ4n) is 1.49. The highest BCUT2D eigenvalue weighted by atomic mass is 16.6. The molecule has 1 N–H and O–H groups in total. The van der Waals surface area contributed by atoms with Crippen LogP contribution in [0, 0.1) is 5.21 Å². The van der Waals surface area contributed by atoms with E-state index in [1.165, 1.54) is 6.20 Å². The van der Waals surface area contributed by atoms with E-state index in [-0.39, 0.29) is 6.04 Å². The van der Waals surface area contributed by atoms with E-state index in [4.69, 9.17) is 4.74 Å². The quantitative estimate of drug-likeness (QED) is 0.522. The maximum Gasteiger partial charge on any atom is 0.408 e. The van der Waals surface area contributed by atoms with Crippen LogP contribution >= 0.6 is 0 Å². The lowest BCUT2D eigenvalue weighted by Gasteiger charge is -2.11. The van der Waals surface area contributed by atoms with Gasteiger partial charge in [-0.05, 0) is 13.0 Å². The molecule has 2 atom stereocenters. The molecule has 0 spiro atoms. The molecule has 74 valence electrons. The van der Waals surface area contributed by atoms with E-state index in [2.05, 4.69) is 5.32 Å². The largest absolute Gasteiger partial charge is 0.618 e. The Balaban J connectivity index is 2.32. The summed E-state index contributed by atoms with van der Waals surface area (Å²) in [5, 5.41) is 13.9. The zero-order chi connectivity index (χ0) is 10.1. The molecule has 14 heavy (non-hydrogen) atoms. The van der Waals surface area contributed by atoms with Crippen molar-refractivity contribution in [2.45, 2.75) is 19.1 Å². The number of ether oxygens (including phenoxy) is 1. The summed E-state index contributed by atoms with van der Waals surface area (Å²) < 4.78 is 5.68. The summed E-state index contributed by atoms with van der Waals surface area (Å²) in [7, 11) is 0. The minimum absolute atomic E-state index is 0.176. The van der Waals surface area contributed by atoms with Crippen molar-refractivity contribution >= 4 is 6.09 Å². The Kier molecular flexibility index (Phi) is 1.99. The highest BCUT2D eigenvalue weighted by Crippen LogP contribution is 2.22. The molecule has 1 fully saturated rings. The lowest BCUT2D eigenvalue weighted by Crippen LogP contribution is -2.36. The van der Waals surface area contributed by atoms with Gasteiger partial charge in [0.1, 0.15) is 0 Å². The standard InChI is InChI=1S/C9H10N2O3/c1-6-8(14-9(12)10-6)7-4-2-3-5-11(7)13/h2-6,8H,1H3,(H,10,12)/t6-,8-/m0/s1. The Morgan fingerprint density at radius 3 is 2.93 bits per heavy atom. The van der Waals surface area contributed by atoms with Crippen LogP contribution in [-0.4, -0.2) is 12.1 Å². The maximum atomic E-state index is 11.4. The molecule has 0 radical (unpaired) electrons. The predicted octanol–water partition coefficient (Wildman–Crippen LogP) is 0.489. The third-order valence-electron chi connectivity index (χ3n) is 2.18. The van der Waals surface area contributed by atoms with Gasteiger partial charge in [-0.25, -0.2) is 4.79 Å². The third-order valence-corrected chi connectivity index (χ3v) is 2.18. The van der Waals surface area contributed by atoms with E-state index in [0.29, 0.717) is 10.4 Å². The van der Waals surface area contributed by atoms with Gasteiger partial charge in [-0.2, -0.15) is 4.73 Å². The molecule has 2 heterocycles. The molecule has 0 aliphatic carbocycles. The normalized spacial score (nSPS) is 25.6. The number of alkyl carbamates (subject to hydrolysis) is 1. The van der Waals surface area contributed by atoms with Gasteiger partial charge in [0.2, 0.25) is 11.8 Å². The van der Waals surface area contributed by atoms with Gasteiger partial charge in [-0.3, -0.25) is 0 Å².